The highest BCUT2D eigenvalue weighted by molar-refractivity contribution is 5.94. The van der Waals surface area contributed by atoms with E-state index in [1.807, 2.05) is 13.0 Å². The Morgan fingerprint density at radius 2 is 2.03 bits per heavy atom. The van der Waals surface area contributed by atoms with Crippen molar-refractivity contribution < 1.29 is 13.7 Å². The summed E-state index contributed by atoms with van der Waals surface area (Å²) in [6, 6.07) is 5.10. The van der Waals surface area contributed by atoms with Crippen molar-refractivity contribution in [3.63, 3.8) is 0 Å². The van der Waals surface area contributed by atoms with Crippen molar-refractivity contribution in [2.75, 3.05) is 18.1 Å². The number of nitrogens with zero attached hydrogens (tertiary/aromatic N) is 6. The van der Waals surface area contributed by atoms with Gasteiger partial charge >= 0.3 is 0 Å². The summed E-state index contributed by atoms with van der Waals surface area (Å²) in [6.07, 6.45) is 3.84. The van der Waals surface area contributed by atoms with E-state index in [0.717, 1.165) is 12.8 Å². The number of fused-ring (bicyclic) bond motifs is 3. The van der Waals surface area contributed by atoms with E-state index in [2.05, 4.69) is 26.9 Å². The quantitative estimate of drug-likeness (QED) is 0.513. The highest BCUT2D eigenvalue weighted by Gasteiger charge is 2.31. The van der Waals surface area contributed by atoms with Gasteiger partial charge in [-0.25, -0.2) is 14.4 Å². The van der Waals surface area contributed by atoms with Crippen molar-refractivity contribution in [2.24, 2.45) is 0 Å². The van der Waals surface area contributed by atoms with Crippen LogP contribution in [0.2, 0.25) is 0 Å². The highest BCUT2D eigenvalue weighted by atomic mass is 19.1. The van der Waals surface area contributed by atoms with Gasteiger partial charge in [0.1, 0.15) is 18.0 Å². The summed E-state index contributed by atoms with van der Waals surface area (Å²) < 4.78 is 28.1. The minimum absolute atomic E-state index is 0.0301. The average molecular weight is 408 g/mol. The number of rotatable bonds is 3. The molecule has 8 nitrogen and oxygen atoms in total. The molecule has 154 valence electrons. The molecule has 4 heterocycles. The average Bonchev–Trinajstić information content (AvgIpc) is 3.31. The predicted octanol–water partition coefficient (Wildman–Crippen LogP) is 3.56. The Bertz CT molecular complexity index is 1260. The lowest BCUT2D eigenvalue weighted by molar-refractivity contribution is 0.0342. The number of benzene rings is 1. The SMILES string of the molecule is C[C@@H]1CN(c2nc3c(-c4nc(C5CC5)no4)ncn3c3cccc(F)c23)[C@@H](C)CO1. The normalized spacial score (nSPS) is 22.3. The number of halogens is 1. The largest absolute Gasteiger partial charge is 0.375 e. The van der Waals surface area contributed by atoms with Crippen LogP contribution in [-0.2, 0) is 4.74 Å². The van der Waals surface area contributed by atoms with Gasteiger partial charge in [-0.15, -0.1) is 0 Å². The van der Waals surface area contributed by atoms with Gasteiger partial charge in [0.2, 0.25) is 0 Å². The lowest BCUT2D eigenvalue weighted by atomic mass is 10.1. The van der Waals surface area contributed by atoms with Gasteiger partial charge in [0, 0.05) is 12.5 Å². The molecule has 9 heteroatoms. The van der Waals surface area contributed by atoms with E-state index in [4.69, 9.17) is 14.2 Å². The minimum Gasteiger partial charge on any atom is -0.375 e. The van der Waals surface area contributed by atoms with Crippen molar-refractivity contribution in [1.82, 2.24) is 24.5 Å². The van der Waals surface area contributed by atoms with Crippen molar-refractivity contribution in [3.8, 4) is 11.6 Å². The van der Waals surface area contributed by atoms with Crippen LogP contribution in [0.3, 0.4) is 0 Å². The van der Waals surface area contributed by atoms with Crippen molar-refractivity contribution >= 4 is 22.4 Å². The summed E-state index contributed by atoms with van der Waals surface area (Å²) in [7, 11) is 0. The zero-order valence-electron chi connectivity index (χ0n) is 16.7. The van der Waals surface area contributed by atoms with Gasteiger partial charge in [0.15, 0.2) is 17.2 Å². The van der Waals surface area contributed by atoms with Gasteiger partial charge < -0.3 is 14.2 Å². The Morgan fingerprint density at radius 3 is 2.87 bits per heavy atom. The molecule has 0 amide bonds. The minimum atomic E-state index is -0.313. The van der Waals surface area contributed by atoms with Crippen LogP contribution >= 0.6 is 0 Å². The molecular formula is C21H21FN6O2. The molecular weight excluding hydrogens is 387 g/mol. The Balaban J connectivity index is 1.59. The van der Waals surface area contributed by atoms with E-state index in [1.165, 1.54) is 6.07 Å². The van der Waals surface area contributed by atoms with Gasteiger partial charge in [0.25, 0.3) is 5.89 Å². The molecule has 1 aliphatic carbocycles. The fourth-order valence-corrected chi connectivity index (χ4v) is 4.11. The fraction of sp³-hybridized carbons (Fsp3) is 0.429. The van der Waals surface area contributed by atoms with Crippen LogP contribution in [0, 0.1) is 5.82 Å². The standard InChI is InChI=1S/C21H21FN6O2/c1-11-9-29-12(2)8-27(11)19-16-14(22)4-3-5-15(16)28-10-23-17(20(28)25-19)21-24-18(26-30-21)13-6-7-13/h3-5,10-13H,6-9H2,1-2H3/t11-,12+/m0/s1. The van der Waals surface area contributed by atoms with Crippen LogP contribution in [0.25, 0.3) is 28.1 Å². The molecule has 1 saturated heterocycles. The maximum atomic E-state index is 15.0. The van der Waals surface area contributed by atoms with E-state index < -0.39 is 0 Å². The van der Waals surface area contributed by atoms with Gasteiger partial charge in [-0.3, -0.25) is 4.40 Å². The first-order valence-corrected chi connectivity index (χ1v) is 10.3. The van der Waals surface area contributed by atoms with Crippen LogP contribution in [-0.4, -0.2) is 49.8 Å². The molecule has 1 saturated carbocycles. The molecule has 6 rings (SSSR count). The van der Waals surface area contributed by atoms with Gasteiger partial charge in [-0.05, 0) is 38.8 Å². The lowest BCUT2D eigenvalue weighted by Crippen LogP contribution is -2.48. The van der Waals surface area contributed by atoms with Gasteiger partial charge in [-0.2, -0.15) is 4.98 Å². The van der Waals surface area contributed by atoms with Crippen LogP contribution in [0.5, 0.6) is 0 Å². The smallest absolute Gasteiger partial charge is 0.280 e. The Kier molecular flexibility index (Phi) is 3.83. The van der Waals surface area contributed by atoms with Gasteiger partial charge in [0.05, 0.1) is 29.7 Å². The lowest BCUT2D eigenvalue weighted by Gasteiger charge is -2.38. The summed E-state index contributed by atoms with van der Waals surface area (Å²) in [6.45, 7) is 5.26. The summed E-state index contributed by atoms with van der Waals surface area (Å²) in [5.41, 5.74) is 1.78. The molecule has 0 unspecified atom stereocenters. The highest BCUT2D eigenvalue weighted by Crippen LogP contribution is 2.39. The summed E-state index contributed by atoms with van der Waals surface area (Å²) in [5, 5.41) is 4.57. The summed E-state index contributed by atoms with van der Waals surface area (Å²) in [5.74, 6) is 1.71. The number of anilines is 1. The first-order valence-electron chi connectivity index (χ1n) is 10.3. The molecule has 2 atom stereocenters. The van der Waals surface area contributed by atoms with E-state index in [0.29, 0.717) is 58.8 Å². The van der Waals surface area contributed by atoms with Crippen molar-refractivity contribution in [1.29, 1.82) is 0 Å². The summed E-state index contributed by atoms with van der Waals surface area (Å²) in [4.78, 5) is 16.0. The molecule has 2 aliphatic rings. The van der Waals surface area contributed by atoms with Crippen molar-refractivity contribution in [3.05, 3.63) is 36.2 Å². The number of hydrogen-bond acceptors (Lipinski definition) is 7. The third-order valence-corrected chi connectivity index (χ3v) is 5.90. The van der Waals surface area contributed by atoms with Crippen molar-refractivity contribution in [2.45, 2.75) is 44.8 Å². The second kappa shape index (κ2) is 6.46. The molecule has 0 spiro atoms. The van der Waals surface area contributed by atoms with Crippen LogP contribution in [0.4, 0.5) is 10.2 Å². The van der Waals surface area contributed by atoms with E-state index >= 15 is 4.39 Å². The fourth-order valence-electron chi connectivity index (χ4n) is 4.11. The van der Waals surface area contributed by atoms with Gasteiger partial charge in [-0.1, -0.05) is 11.2 Å². The molecule has 0 bridgehead atoms. The molecule has 0 N–H and O–H groups in total. The van der Waals surface area contributed by atoms with Crippen LogP contribution in [0.15, 0.2) is 29.0 Å². The number of imidazole rings is 1. The first kappa shape index (κ1) is 17.8. The Hall–Kier alpha value is -3.07. The van der Waals surface area contributed by atoms with E-state index in [1.54, 1.807) is 16.8 Å². The third-order valence-electron chi connectivity index (χ3n) is 5.90. The molecule has 2 fully saturated rings. The number of morpholine rings is 1. The Morgan fingerprint density at radius 1 is 1.17 bits per heavy atom. The molecule has 3 aromatic heterocycles. The monoisotopic (exact) mass is 408 g/mol. The molecule has 4 aromatic rings. The van der Waals surface area contributed by atoms with E-state index in [-0.39, 0.29) is 18.0 Å². The molecule has 1 aliphatic heterocycles. The summed E-state index contributed by atoms with van der Waals surface area (Å²) >= 11 is 0. The number of ether oxygens (including phenoxy) is 1. The number of aromatic nitrogens is 5. The first-order chi connectivity index (χ1) is 14.6. The third kappa shape index (κ3) is 2.68. The maximum absolute atomic E-state index is 15.0. The molecule has 1 aromatic carbocycles. The van der Waals surface area contributed by atoms with Crippen LogP contribution in [0.1, 0.15) is 38.4 Å². The molecule has 30 heavy (non-hydrogen) atoms. The predicted molar refractivity (Wildman–Crippen MR) is 108 cm³/mol. The molecule has 0 radical (unpaired) electrons. The maximum Gasteiger partial charge on any atom is 0.280 e. The Labute approximate surface area is 171 Å². The topological polar surface area (TPSA) is 81.6 Å². The second-order valence-corrected chi connectivity index (χ2v) is 8.23. The van der Waals surface area contributed by atoms with E-state index in [9.17, 15) is 0 Å². The zero-order chi connectivity index (χ0) is 20.4. The zero-order valence-corrected chi connectivity index (χ0v) is 16.7. The van der Waals surface area contributed by atoms with Crippen LogP contribution < -0.4 is 4.90 Å². The second-order valence-electron chi connectivity index (χ2n) is 8.23. The number of hydrogen-bond donors (Lipinski definition) is 0.